The standard InChI is InChI=1S/C16H18FN3O2S/c17-12-8-4-5-9-13(12)18-14(21)10-23-16-20-19-15(22-16)11-6-2-1-3-7-11/h4-5,8-9,11H,1-3,6-7,10H2,(H,18,21). The van der Waals surface area contributed by atoms with E-state index < -0.39 is 5.82 Å². The number of para-hydroxylation sites is 1. The molecule has 0 atom stereocenters. The molecule has 1 N–H and O–H groups in total. The van der Waals surface area contributed by atoms with Crippen LogP contribution in [0.25, 0.3) is 0 Å². The molecule has 0 spiro atoms. The molecule has 1 fully saturated rings. The lowest BCUT2D eigenvalue weighted by Gasteiger charge is -2.17. The zero-order valence-corrected chi connectivity index (χ0v) is 13.4. The molecule has 0 aliphatic heterocycles. The van der Waals surface area contributed by atoms with Crippen molar-refractivity contribution in [1.82, 2.24) is 10.2 Å². The van der Waals surface area contributed by atoms with Crippen LogP contribution in [0.5, 0.6) is 0 Å². The molecule has 1 aromatic carbocycles. The molecule has 1 aliphatic rings. The minimum atomic E-state index is -0.455. The van der Waals surface area contributed by atoms with E-state index in [4.69, 9.17) is 4.42 Å². The minimum absolute atomic E-state index is 0.0979. The van der Waals surface area contributed by atoms with Gasteiger partial charge in [0.1, 0.15) is 5.82 Å². The highest BCUT2D eigenvalue weighted by Gasteiger charge is 2.21. The first-order valence-corrected chi connectivity index (χ1v) is 8.71. The Hall–Kier alpha value is -1.89. The lowest BCUT2D eigenvalue weighted by molar-refractivity contribution is -0.113. The van der Waals surface area contributed by atoms with Crippen molar-refractivity contribution < 1.29 is 13.6 Å². The number of carbonyl (C=O) groups is 1. The van der Waals surface area contributed by atoms with Crippen LogP contribution in [0.3, 0.4) is 0 Å². The first kappa shape index (κ1) is 16.0. The Kier molecular flexibility index (Phi) is 5.27. The van der Waals surface area contributed by atoms with Gasteiger partial charge in [0.2, 0.25) is 11.8 Å². The van der Waals surface area contributed by atoms with Crippen LogP contribution in [-0.2, 0) is 4.79 Å². The monoisotopic (exact) mass is 335 g/mol. The second-order valence-corrected chi connectivity index (χ2v) is 6.48. The largest absolute Gasteiger partial charge is 0.416 e. The Labute approximate surface area is 138 Å². The molecule has 1 amide bonds. The zero-order chi connectivity index (χ0) is 16.1. The summed E-state index contributed by atoms with van der Waals surface area (Å²) >= 11 is 1.16. The van der Waals surface area contributed by atoms with Gasteiger partial charge in [-0.25, -0.2) is 4.39 Å². The third-order valence-electron chi connectivity index (χ3n) is 3.85. The summed E-state index contributed by atoms with van der Waals surface area (Å²) < 4.78 is 19.1. The Morgan fingerprint density at radius 3 is 2.83 bits per heavy atom. The number of nitrogens with one attached hydrogen (secondary N) is 1. The minimum Gasteiger partial charge on any atom is -0.416 e. The molecular weight excluding hydrogens is 317 g/mol. The fourth-order valence-corrected chi connectivity index (χ4v) is 3.24. The van der Waals surface area contributed by atoms with Gasteiger partial charge in [-0.2, -0.15) is 0 Å². The molecule has 122 valence electrons. The summed E-state index contributed by atoms with van der Waals surface area (Å²) in [4.78, 5) is 11.9. The summed E-state index contributed by atoms with van der Waals surface area (Å²) in [6, 6.07) is 6.06. The van der Waals surface area contributed by atoms with Gasteiger partial charge in [-0.1, -0.05) is 43.2 Å². The first-order chi connectivity index (χ1) is 11.2. The zero-order valence-electron chi connectivity index (χ0n) is 12.6. The number of nitrogens with zero attached hydrogens (tertiary/aromatic N) is 2. The van der Waals surface area contributed by atoms with E-state index in [9.17, 15) is 9.18 Å². The molecule has 0 bridgehead atoms. The van der Waals surface area contributed by atoms with Gasteiger partial charge >= 0.3 is 0 Å². The van der Waals surface area contributed by atoms with Crippen LogP contribution in [0.4, 0.5) is 10.1 Å². The molecule has 23 heavy (non-hydrogen) atoms. The van der Waals surface area contributed by atoms with Crippen molar-refractivity contribution in [3.63, 3.8) is 0 Å². The number of anilines is 1. The molecule has 0 unspecified atom stereocenters. The summed E-state index contributed by atoms with van der Waals surface area (Å²) in [7, 11) is 0. The summed E-state index contributed by atoms with van der Waals surface area (Å²) in [5, 5.41) is 11.0. The highest BCUT2D eigenvalue weighted by atomic mass is 32.2. The Morgan fingerprint density at radius 2 is 2.04 bits per heavy atom. The molecule has 3 rings (SSSR count). The normalized spacial score (nSPS) is 15.5. The van der Waals surface area contributed by atoms with Gasteiger partial charge in [-0.15, -0.1) is 10.2 Å². The SMILES string of the molecule is O=C(CSc1nnc(C2CCCCC2)o1)Nc1ccccc1F. The predicted octanol–water partition coefficient (Wildman–Crippen LogP) is 3.99. The second kappa shape index (κ2) is 7.59. The number of rotatable bonds is 5. The van der Waals surface area contributed by atoms with E-state index in [0.717, 1.165) is 24.6 Å². The highest BCUT2D eigenvalue weighted by Crippen LogP contribution is 2.32. The van der Waals surface area contributed by atoms with Crippen LogP contribution < -0.4 is 5.32 Å². The van der Waals surface area contributed by atoms with Crippen molar-refractivity contribution in [1.29, 1.82) is 0 Å². The van der Waals surface area contributed by atoms with E-state index in [-0.39, 0.29) is 17.3 Å². The molecule has 1 aliphatic carbocycles. The number of benzene rings is 1. The molecule has 5 nitrogen and oxygen atoms in total. The van der Waals surface area contributed by atoms with Gasteiger partial charge in [0.25, 0.3) is 5.22 Å². The summed E-state index contributed by atoms with van der Waals surface area (Å²) in [6.45, 7) is 0. The fraction of sp³-hybridized carbons (Fsp3) is 0.438. The van der Waals surface area contributed by atoms with E-state index in [1.165, 1.54) is 31.4 Å². The molecule has 1 heterocycles. The molecular formula is C16H18FN3O2S. The molecule has 1 saturated carbocycles. The maximum atomic E-state index is 13.5. The van der Waals surface area contributed by atoms with Crippen molar-refractivity contribution >= 4 is 23.4 Å². The van der Waals surface area contributed by atoms with Crippen molar-refractivity contribution in [2.75, 3.05) is 11.1 Å². The van der Waals surface area contributed by atoms with E-state index in [0.29, 0.717) is 17.0 Å². The van der Waals surface area contributed by atoms with Crippen molar-refractivity contribution in [3.8, 4) is 0 Å². The molecule has 7 heteroatoms. The van der Waals surface area contributed by atoms with Crippen molar-refractivity contribution in [2.24, 2.45) is 0 Å². The fourth-order valence-electron chi connectivity index (χ4n) is 2.67. The van der Waals surface area contributed by atoms with Gasteiger partial charge in [0.05, 0.1) is 11.4 Å². The summed E-state index contributed by atoms with van der Waals surface area (Å²) in [6.07, 6.45) is 5.82. The van der Waals surface area contributed by atoms with E-state index >= 15 is 0 Å². The smallest absolute Gasteiger partial charge is 0.277 e. The topological polar surface area (TPSA) is 68.0 Å². The lowest BCUT2D eigenvalue weighted by atomic mass is 9.89. The number of hydrogen-bond acceptors (Lipinski definition) is 5. The first-order valence-electron chi connectivity index (χ1n) is 7.73. The number of hydrogen-bond donors (Lipinski definition) is 1. The van der Waals surface area contributed by atoms with Crippen LogP contribution in [0.2, 0.25) is 0 Å². The quantitative estimate of drug-likeness (QED) is 0.837. The van der Waals surface area contributed by atoms with E-state index in [1.807, 2.05) is 0 Å². The van der Waals surface area contributed by atoms with E-state index in [2.05, 4.69) is 15.5 Å². The summed E-state index contributed by atoms with van der Waals surface area (Å²) in [5.41, 5.74) is 0.173. The molecule has 2 aromatic rings. The Balaban J connectivity index is 1.51. The average Bonchev–Trinajstić information content (AvgIpc) is 3.05. The third-order valence-corrected chi connectivity index (χ3v) is 4.67. The number of aromatic nitrogens is 2. The molecule has 0 radical (unpaired) electrons. The third kappa shape index (κ3) is 4.31. The summed E-state index contributed by atoms with van der Waals surface area (Å²) in [5.74, 6) is 0.348. The van der Waals surface area contributed by atoms with Gasteiger partial charge in [-0.05, 0) is 25.0 Å². The van der Waals surface area contributed by atoms with Gasteiger partial charge < -0.3 is 9.73 Å². The number of halogens is 1. The number of thioether (sulfide) groups is 1. The van der Waals surface area contributed by atoms with Crippen LogP contribution >= 0.6 is 11.8 Å². The van der Waals surface area contributed by atoms with Gasteiger partial charge in [-0.3, -0.25) is 4.79 Å². The van der Waals surface area contributed by atoms with Crippen LogP contribution in [-0.4, -0.2) is 21.9 Å². The average molecular weight is 335 g/mol. The van der Waals surface area contributed by atoms with Crippen LogP contribution in [0.1, 0.15) is 43.9 Å². The highest BCUT2D eigenvalue weighted by molar-refractivity contribution is 7.99. The van der Waals surface area contributed by atoms with Crippen molar-refractivity contribution in [3.05, 3.63) is 36.0 Å². The molecule has 0 saturated heterocycles. The number of carbonyl (C=O) groups excluding carboxylic acids is 1. The van der Waals surface area contributed by atoms with Gasteiger partial charge in [0.15, 0.2) is 0 Å². The second-order valence-electron chi connectivity index (χ2n) is 5.56. The Morgan fingerprint density at radius 1 is 1.26 bits per heavy atom. The maximum absolute atomic E-state index is 13.5. The van der Waals surface area contributed by atoms with Crippen molar-refractivity contribution in [2.45, 2.75) is 43.2 Å². The van der Waals surface area contributed by atoms with Crippen LogP contribution in [0, 0.1) is 5.82 Å². The predicted molar refractivity (Wildman–Crippen MR) is 85.9 cm³/mol. The number of amides is 1. The van der Waals surface area contributed by atoms with Gasteiger partial charge in [0, 0.05) is 5.92 Å². The lowest BCUT2D eigenvalue weighted by Crippen LogP contribution is -2.14. The van der Waals surface area contributed by atoms with E-state index in [1.54, 1.807) is 12.1 Å². The van der Waals surface area contributed by atoms with Crippen LogP contribution in [0.15, 0.2) is 33.9 Å². The molecule has 1 aromatic heterocycles. The maximum Gasteiger partial charge on any atom is 0.277 e. The Bertz CT molecular complexity index is 671.